The van der Waals surface area contributed by atoms with Gasteiger partial charge in [-0.2, -0.15) is 0 Å². The van der Waals surface area contributed by atoms with Crippen LogP contribution in [0.4, 0.5) is 0 Å². The molecule has 0 radical (unpaired) electrons. The van der Waals surface area contributed by atoms with Crippen molar-refractivity contribution in [3.8, 4) is 0 Å². The van der Waals surface area contributed by atoms with Crippen LogP contribution in [-0.4, -0.2) is 122 Å². The number of esters is 1. The van der Waals surface area contributed by atoms with E-state index in [0.29, 0.717) is 63.4 Å². The van der Waals surface area contributed by atoms with E-state index in [-0.39, 0.29) is 66.9 Å². The van der Waals surface area contributed by atoms with Gasteiger partial charge in [0.15, 0.2) is 11.6 Å². The lowest BCUT2D eigenvalue weighted by Gasteiger charge is -2.44. The lowest BCUT2D eigenvalue weighted by atomic mass is 9.78. The molecule has 3 aliphatic heterocycles. The summed E-state index contributed by atoms with van der Waals surface area (Å²) in [5.74, 6) is -5.54. The molecular formula is C49H77NO12. The lowest BCUT2D eigenvalue weighted by molar-refractivity contribution is -0.283. The Kier molecular flexibility index (Phi) is 19.8. The van der Waals surface area contributed by atoms with Crippen molar-refractivity contribution >= 4 is 23.4 Å². The zero-order valence-electron chi connectivity index (χ0n) is 38.5. The SMILES string of the molecule is CO[C@H]1C[C@H](C[C@@H](C)[C@H]2CC(=O)[C@H](C)/C=C(/C)[C@@H](O)[C@@H](O)C(=O)[C@H](C)C[C@H](C)/C=C\C=CC=C(C)[C@@H](O)C[C@H]3CC[C@@H](C)[C@](O)(CC(=O)N4CCCC[C@H]4C(=O)O2)O3)CC[C@H]1O. The normalized spacial score (nSPS) is 40.4. The third-order valence-electron chi connectivity index (χ3n) is 14.1. The molecule has 3 heterocycles. The number of hydrogen-bond donors (Lipinski definition) is 5. The summed E-state index contributed by atoms with van der Waals surface area (Å²) in [5.41, 5.74) is 0.961. The van der Waals surface area contributed by atoms with E-state index in [1.54, 1.807) is 46.1 Å². The van der Waals surface area contributed by atoms with E-state index < -0.39 is 77.9 Å². The van der Waals surface area contributed by atoms with Gasteiger partial charge in [-0.25, -0.2) is 4.79 Å². The summed E-state index contributed by atoms with van der Waals surface area (Å²) in [6, 6.07) is -0.935. The Morgan fingerprint density at radius 2 is 1.60 bits per heavy atom. The summed E-state index contributed by atoms with van der Waals surface area (Å²) in [7, 11) is 1.57. The van der Waals surface area contributed by atoms with Crippen molar-refractivity contribution in [1.29, 1.82) is 0 Å². The average Bonchev–Trinajstić information content (AvgIpc) is 3.23. The maximum Gasteiger partial charge on any atom is 0.329 e. The predicted octanol–water partition coefficient (Wildman–Crippen LogP) is 5.69. The third-order valence-corrected chi connectivity index (χ3v) is 14.1. The van der Waals surface area contributed by atoms with Gasteiger partial charge in [-0.1, -0.05) is 71.1 Å². The van der Waals surface area contributed by atoms with Crippen LogP contribution in [0, 0.1) is 35.5 Å². The minimum absolute atomic E-state index is 0.0308. The minimum atomic E-state index is -1.81. The van der Waals surface area contributed by atoms with Crippen LogP contribution in [-0.2, 0) is 33.4 Å². The number of methoxy groups -OCH3 is 1. The molecule has 62 heavy (non-hydrogen) atoms. The van der Waals surface area contributed by atoms with Crippen LogP contribution in [0.5, 0.6) is 0 Å². The molecule has 15 atom stereocenters. The molecule has 4 aliphatic rings. The number of rotatable bonds is 4. The highest BCUT2D eigenvalue weighted by atomic mass is 16.6. The molecule has 1 saturated carbocycles. The number of ketones is 2. The first-order valence-electron chi connectivity index (χ1n) is 23.2. The van der Waals surface area contributed by atoms with Gasteiger partial charge in [-0.05, 0) is 107 Å². The minimum Gasteiger partial charge on any atom is -0.460 e. The first-order valence-corrected chi connectivity index (χ1v) is 23.2. The van der Waals surface area contributed by atoms with E-state index in [9.17, 15) is 44.7 Å². The fourth-order valence-corrected chi connectivity index (χ4v) is 9.72. The summed E-state index contributed by atoms with van der Waals surface area (Å²) < 4.78 is 18.1. The van der Waals surface area contributed by atoms with Crippen LogP contribution in [0.3, 0.4) is 0 Å². The standard InChI is InChI=1S/C49H77NO12/c1-29-14-10-9-11-15-30(2)40(52)26-37-19-17-35(7)49(59,62-37)28-44(54)50-21-13-12-16-38(50)48(58)61-42(32(4)24-36-18-20-39(51)43(25-36)60-8)27-41(53)31(3)23-34(6)46(56)47(57)45(55)33(5)22-29/h9-11,14-15,23,29,31-33,35-40,42-43,46-47,51-52,56-57,59H,12-13,16-22,24-28H2,1-8H3/b11-9?,14-10-,30-15?,34-23-/t29-,31-,32-,33-,35-,36+,37-,38+,39-,40+,42-,43+,46-,47+,49+/m1/s1. The fourth-order valence-electron chi connectivity index (χ4n) is 9.72. The molecule has 13 nitrogen and oxygen atoms in total. The van der Waals surface area contributed by atoms with Gasteiger partial charge in [0.05, 0.1) is 30.8 Å². The molecule has 0 aromatic rings. The topological polar surface area (TPSA) is 200 Å². The number of aliphatic hydroxyl groups excluding tert-OH is 4. The number of allylic oxidation sites excluding steroid dienone is 6. The Morgan fingerprint density at radius 3 is 2.31 bits per heavy atom. The maximum absolute atomic E-state index is 14.3. The van der Waals surface area contributed by atoms with Crippen LogP contribution in [0.2, 0.25) is 0 Å². The molecule has 2 saturated heterocycles. The molecular weight excluding hydrogens is 795 g/mol. The van der Waals surface area contributed by atoms with Crippen LogP contribution < -0.4 is 0 Å². The third kappa shape index (κ3) is 14.2. The molecule has 0 aromatic heterocycles. The zero-order chi connectivity index (χ0) is 45.9. The Labute approximate surface area is 369 Å². The molecule has 350 valence electrons. The van der Waals surface area contributed by atoms with Crippen molar-refractivity contribution in [2.24, 2.45) is 35.5 Å². The number of hydrogen-bond acceptors (Lipinski definition) is 12. The second-order valence-corrected chi connectivity index (χ2v) is 19.3. The van der Waals surface area contributed by atoms with Gasteiger partial charge in [0, 0.05) is 44.2 Å². The van der Waals surface area contributed by atoms with Crippen molar-refractivity contribution in [1.82, 2.24) is 4.90 Å². The average molecular weight is 872 g/mol. The maximum atomic E-state index is 14.3. The number of ether oxygens (including phenoxy) is 3. The Morgan fingerprint density at radius 1 is 0.871 bits per heavy atom. The van der Waals surface area contributed by atoms with Crippen LogP contribution in [0.1, 0.15) is 132 Å². The summed E-state index contributed by atoms with van der Waals surface area (Å²) in [6.07, 6.45) is 9.90. The fraction of sp³-hybridized carbons (Fsp3) is 0.755. The highest BCUT2D eigenvalue weighted by molar-refractivity contribution is 5.87. The summed E-state index contributed by atoms with van der Waals surface area (Å²) in [5, 5.41) is 55.5. The van der Waals surface area contributed by atoms with Gasteiger partial charge in [-0.3, -0.25) is 14.4 Å². The van der Waals surface area contributed by atoms with E-state index in [1.165, 1.54) is 4.90 Å². The second kappa shape index (κ2) is 23.8. The zero-order valence-corrected chi connectivity index (χ0v) is 38.5. The number of carbonyl (C=O) groups excluding carboxylic acids is 4. The molecule has 5 N–H and O–H groups in total. The van der Waals surface area contributed by atoms with E-state index in [0.717, 1.165) is 6.42 Å². The molecule has 3 fully saturated rings. The molecule has 0 aromatic carbocycles. The van der Waals surface area contributed by atoms with Crippen molar-refractivity contribution in [2.45, 2.75) is 186 Å². The number of aliphatic hydroxyl groups is 5. The van der Waals surface area contributed by atoms with Crippen molar-refractivity contribution in [3.63, 3.8) is 0 Å². The Hall–Kier alpha value is -3.04. The monoisotopic (exact) mass is 872 g/mol. The Bertz CT molecular complexity index is 1640. The summed E-state index contributed by atoms with van der Waals surface area (Å²) >= 11 is 0. The molecule has 4 rings (SSSR count). The molecule has 2 bridgehead atoms. The number of nitrogens with zero attached hydrogens (tertiary/aromatic N) is 1. The van der Waals surface area contributed by atoms with Crippen molar-refractivity contribution < 1.29 is 58.9 Å². The van der Waals surface area contributed by atoms with E-state index in [1.807, 2.05) is 45.9 Å². The van der Waals surface area contributed by atoms with Gasteiger partial charge in [0.2, 0.25) is 5.91 Å². The lowest BCUT2D eigenvalue weighted by Crippen LogP contribution is -2.54. The Balaban J connectivity index is 1.65. The predicted molar refractivity (Wildman–Crippen MR) is 235 cm³/mol. The first kappa shape index (κ1) is 51.6. The van der Waals surface area contributed by atoms with Gasteiger partial charge in [0.1, 0.15) is 30.1 Å². The van der Waals surface area contributed by atoms with E-state index >= 15 is 0 Å². The number of cyclic esters (lactones) is 1. The summed E-state index contributed by atoms with van der Waals surface area (Å²) in [4.78, 5) is 57.2. The number of amides is 1. The van der Waals surface area contributed by atoms with E-state index in [2.05, 4.69) is 0 Å². The largest absolute Gasteiger partial charge is 0.460 e. The van der Waals surface area contributed by atoms with Crippen LogP contribution in [0.15, 0.2) is 47.6 Å². The molecule has 0 unspecified atom stereocenters. The van der Waals surface area contributed by atoms with Gasteiger partial charge in [0.25, 0.3) is 0 Å². The number of Topliss-reactive ketones (excluding diaryl/α,β-unsaturated/α-hetero) is 2. The van der Waals surface area contributed by atoms with E-state index in [4.69, 9.17) is 14.2 Å². The van der Waals surface area contributed by atoms with Gasteiger partial charge < -0.3 is 44.6 Å². The number of fused-ring (bicyclic) bond motifs is 3. The molecule has 13 heteroatoms. The van der Waals surface area contributed by atoms with Gasteiger partial charge >= 0.3 is 5.97 Å². The molecule has 0 spiro atoms. The quantitative estimate of drug-likeness (QED) is 0.171. The molecule has 1 aliphatic carbocycles. The van der Waals surface area contributed by atoms with Crippen molar-refractivity contribution in [2.75, 3.05) is 13.7 Å². The highest BCUT2D eigenvalue weighted by Crippen LogP contribution is 2.38. The van der Waals surface area contributed by atoms with Crippen LogP contribution in [0.25, 0.3) is 0 Å². The summed E-state index contributed by atoms with van der Waals surface area (Å²) in [6.45, 7) is 12.8. The van der Waals surface area contributed by atoms with Crippen molar-refractivity contribution in [3.05, 3.63) is 47.6 Å². The number of carbonyl (C=O) groups is 4. The number of piperidine rings is 1. The second-order valence-electron chi connectivity index (χ2n) is 19.3. The smallest absolute Gasteiger partial charge is 0.329 e. The van der Waals surface area contributed by atoms with Crippen LogP contribution >= 0.6 is 0 Å². The highest BCUT2D eigenvalue weighted by Gasteiger charge is 2.46. The van der Waals surface area contributed by atoms with Gasteiger partial charge in [-0.15, -0.1) is 0 Å². The molecule has 1 amide bonds. The first-order chi connectivity index (χ1) is 29.2.